The quantitative estimate of drug-likeness (QED) is 0.630. The largest absolute Gasteiger partial charge is 0.462 e. The van der Waals surface area contributed by atoms with Crippen molar-refractivity contribution in [2.45, 2.75) is 25.7 Å². The number of anilines is 1. The summed E-state index contributed by atoms with van der Waals surface area (Å²) in [7, 11) is -3.89. The molecule has 0 saturated heterocycles. The van der Waals surface area contributed by atoms with Crippen LogP contribution in [0.3, 0.4) is 0 Å². The Bertz CT molecular complexity index is 1120. The van der Waals surface area contributed by atoms with Crippen molar-refractivity contribution < 1.29 is 22.4 Å². The second-order valence-corrected chi connectivity index (χ2v) is 7.78. The third-order valence-electron chi connectivity index (χ3n) is 4.01. The minimum absolute atomic E-state index is 0.112. The van der Waals surface area contributed by atoms with Gasteiger partial charge in [-0.05, 0) is 43.7 Å². The molecule has 0 radical (unpaired) electrons. The predicted molar refractivity (Wildman–Crippen MR) is 105 cm³/mol. The summed E-state index contributed by atoms with van der Waals surface area (Å²) >= 11 is 0. The van der Waals surface area contributed by atoms with Gasteiger partial charge in [0.25, 0.3) is 10.0 Å². The third kappa shape index (κ3) is 4.23. The van der Waals surface area contributed by atoms with Crippen LogP contribution in [0.4, 0.5) is 5.69 Å². The Labute approximate surface area is 163 Å². The summed E-state index contributed by atoms with van der Waals surface area (Å²) in [5.41, 5.74) is 1.72. The summed E-state index contributed by atoms with van der Waals surface area (Å²) in [6, 6.07) is 11.2. The van der Waals surface area contributed by atoms with Crippen molar-refractivity contribution in [3.8, 4) is 11.3 Å². The van der Waals surface area contributed by atoms with Gasteiger partial charge in [0, 0.05) is 18.2 Å². The number of carbonyl (C=O) groups is 1. The van der Waals surface area contributed by atoms with Gasteiger partial charge in [0.15, 0.2) is 11.7 Å². The molecule has 3 rings (SSSR count). The number of benzene rings is 2. The topological polar surface area (TPSA) is 98.5 Å². The molecule has 1 heterocycles. The number of nitrogens with one attached hydrogen (secondary N) is 1. The van der Waals surface area contributed by atoms with Gasteiger partial charge in [0.2, 0.25) is 0 Å². The zero-order valence-electron chi connectivity index (χ0n) is 15.7. The lowest BCUT2D eigenvalue weighted by Gasteiger charge is -2.12. The van der Waals surface area contributed by atoms with E-state index >= 15 is 0 Å². The molecule has 3 aromatic rings. The Morgan fingerprint density at radius 3 is 2.64 bits per heavy atom. The van der Waals surface area contributed by atoms with Crippen LogP contribution in [0.5, 0.6) is 0 Å². The molecule has 0 fully saturated rings. The van der Waals surface area contributed by atoms with Gasteiger partial charge in [0.05, 0.1) is 23.3 Å². The fourth-order valence-corrected chi connectivity index (χ4v) is 3.99. The molecule has 28 heavy (non-hydrogen) atoms. The van der Waals surface area contributed by atoms with Crippen molar-refractivity contribution in [1.82, 2.24) is 4.98 Å². The molecule has 0 aliphatic carbocycles. The van der Waals surface area contributed by atoms with Crippen LogP contribution in [-0.2, 0) is 14.8 Å². The standard InChI is InChI=1S/C20H20N2O5S/c1-4-26-20(23)16-6-5-7-17(10-16)22-28(24,25)19-11-15(9-8-13(19)2)18-12-21-14(3)27-18/h5-12,22H,4H2,1-3H3. The fraction of sp³-hybridized carbons (Fsp3) is 0.200. The fourth-order valence-electron chi connectivity index (χ4n) is 2.67. The van der Waals surface area contributed by atoms with Gasteiger partial charge in [-0.1, -0.05) is 18.2 Å². The van der Waals surface area contributed by atoms with Crippen LogP contribution in [0.1, 0.15) is 28.7 Å². The van der Waals surface area contributed by atoms with Crippen molar-refractivity contribution >= 4 is 21.7 Å². The van der Waals surface area contributed by atoms with Crippen LogP contribution in [0.25, 0.3) is 11.3 Å². The number of sulfonamides is 1. The number of rotatable bonds is 6. The maximum atomic E-state index is 12.9. The Morgan fingerprint density at radius 2 is 1.96 bits per heavy atom. The molecule has 0 aliphatic heterocycles. The van der Waals surface area contributed by atoms with Crippen LogP contribution >= 0.6 is 0 Å². The number of hydrogen-bond donors (Lipinski definition) is 1. The number of esters is 1. The summed E-state index contributed by atoms with van der Waals surface area (Å²) in [4.78, 5) is 16.0. The minimum atomic E-state index is -3.89. The summed E-state index contributed by atoms with van der Waals surface area (Å²) in [6.07, 6.45) is 1.55. The maximum Gasteiger partial charge on any atom is 0.338 e. The van der Waals surface area contributed by atoms with Gasteiger partial charge in [-0.25, -0.2) is 18.2 Å². The molecule has 2 aromatic carbocycles. The molecule has 0 aliphatic rings. The van der Waals surface area contributed by atoms with E-state index in [1.807, 2.05) is 0 Å². The molecule has 0 bridgehead atoms. The van der Waals surface area contributed by atoms with Crippen LogP contribution < -0.4 is 4.72 Å². The number of aromatic nitrogens is 1. The van der Waals surface area contributed by atoms with Crippen LogP contribution in [0.2, 0.25) is 0 Å². The first-order valence-corrected chi connectivity index (χ1v) is 10.1. The number of carbonyl (C=O) groups excluding carboxylic acids is 1. The zero-order chi connectivity index (χ0) is 20.3. The number of ether oxygens (including phenoxy) is 1. The lowest BCUT2D eigenvalue weighted by atomic mass is 10.1. The molecule has 8 heteroatoms. The zero-order valence-corrected chi connectivity index (χ0v) is 16.5. The van der Waals surface area contributed by atoms with E-state index in [0.717, 1.165) is 0 Å². The van der Waals surface area contributed by atoms with E-state index in [2.05, 4.69) is 9.71 Å². The van der Waals surface area contributed by atoms with E-state index in [1.165, 1.54) is 12.1 Å². The predicted octanol–water partition coefficient (Wildman–Crippen LogP) is 3.94. The van der Waals surface area contributed by atoms with Crippen molar-refractivity contribution in [3.05, 3.63) is 65.7 Å². The van der Waals surface area contributed by atoms with Gasteiger partial charge in [-0.15, -0.1) is 0 Å². The smallest absolute Gasteiger partial charge is 0.338 e. The van der Waals surface area contributed by atoms with Gasteiger partial charge >= 0.3 is 5.97 Å². The number of hydrogen-bond acceptors (Lipinski definition) is 6. The molecule has 0 atom stereocenters. The van der Waals surface area contributed by atoms with E-state index in [4.69, 9.17) is 9.15 Å². The van der Waals surface area contributed by atoms with Gasteiger partial charge < -0.3 is 9.15 Å². The Morgan fingerprint density at radius 1 is 1.18 bits per heavy atom. The first kappa shape index (κ1) is 19.6. The summed E-state index contributed by atoms with van der Waals surface area (Å²) < 4.78 is 38.8. The molecule has 0 saturated carbocycles. The summed E-state index contributed by atoms with van der Waals surface area (Å²) in [5, 5.41) is 0. The molecule has 1 aromatic heterocycles. The maximum absolute atomic E-state index is 12.9. The highest BCUT2D eigenvalue weighted by Gasteiger charge is 2.19. The molecule has 0 amide bonds. The lowest BCUT2D eigenvalue weighted by molar-refractivity contribution is 0.0526. The van der Waals surface area contributed by atoms with Crippen LogP contribution in [-0.4, -0.2) is 26.0 Å². The lowest BCUT2D eigenvalue weighted by Crippen LogP contribution is -2.15. The van der Waals surface area contributed by atoms with Gasteiger partial charge in [-0.2, -0.15) is 0 Å². The number of nitrogens with zero attached hydrogens (tertiary/aromatic N) is 1. The molecule has 0 unspecified atom stereocenters. The normalized spacial score (nSPS) is 11.2. The highest BCUT2D eigenvalue weighted by molar-refractivity contribution is 7.92. The SMILES string of the molecule is CCOC(=O)c1cccc(NS(=O)(=O)c2cc(-c3cnc(C)o3)ccc2C)c1. The van der Waals surface area contributed by atoms with Gasteiger partial charge in [0.1, 0.15) is 0 Å². The third-order valence-corrected chi connectivity index (χ3v) is 5.53. The van der Waals surface area contributed by atoms with E-state index in [-0.39, 0.29) is 22.8 Å². The van der Waals surface area contributed by atoms with Crippen molar-refractivity contribution in [1.29, 1.82) is 0 Å². The molecule has 0 spiro atoms. The van der Waals surface area contributed by atoms with E-state index in [9.17, 15) is 13.2 Å². The molecular weight excluding hydrogens is 380 g/mol. The van der Waals surface area contributed by atoms with Crippen LogP contribution in [0, 0.1) is 13.8 Å². The average Bonchev–Trinajstić information content (AvgIpc) is 3.08. The summed E-state index contributed by atoms with van der Waals surface area (Å²) in [6.45, 7) is 5.37. The van der Waals surface area contributed by atoms with E-state index < -0.39 is 16.0 Å². The second kappa shape index (κ2) is 7.85. The Hall–Kier alpha value is -3.13. The van der Waals surface area contributed by atoms with Crippen molar-refractivity contribution in [2.75, 3.05) is 11.3 Å². The highest BCUT2D eigenvalue weighted by Crippen LogP contribution is 2.27. The average molecular weight is 400 g/mol. The number of oxazole rings is 1. The molecular formula is C20H20N2O5S. The second-order valence-electron chi connectivity index (χ2n) is 6.13. The van der Waals surface area contributed by atoms with Gasteiger partial charge in [-0.3, -0.25) is 4.72 Å². The van der Waals surface area contributed by atoms with Crippen molar-refractivity contribution in [3.63, 3.8) is 0 Å². The Balaban J connectivity index is 1.93. The highest BCUT2D eigenvalue weighted by atomic mass is 32.2. The minimum Gasteiger partial charge on any atom is -0.462 e. The first-order valence-electron chi connectivity index (χ1n) is 8.63. The van der Waals surface area contributed by atoms with E-state index in [0.29, 0.717) is 22.8 Å². The van der Waals surface area contributed by atoms with Crippen molar-refractivity contribution in [2.24, 2.45) is 0 Å². The summed E-state index contributed by atoms with van der Waals surface area (Å²) in [5.74, 6) is 0.467. The molecule has 7 nitrogen and oxygen atoms in total. The van der Waals surface area contributed by atoms with E-state index in [1.54, 1.807) is 57.3 Å². The first-order chi connectivity index (χ1) is 13.3. The molecule has 1 N–H and O–H groups in total. The molecule has 146 valence electrons. The Kier molecular flexibility index (Phi) is 5.51. The number of aryl methyl sites for hydroxylation is 2. The monoisotopic (exact) mass is 400 g/mol. The van der Waals surface area contributed by atoms with Crippen LogP contribution in [0.15, 0.2) is 58.0 Å².